The molecule has 0 saturated heterocycles. The Balaban J connectivity index is 2.79. The summed E-state index contributed by atoms with van der Waals surface area (Å²) in [5.41, 5.74) is 8.37. The second kappa shape index (κ2) is 3.05. The van der Waals surface area contributed by atoms with Crippen LogP contribution in [0.3, 0.4) is 0 Å². The molecule has 0 heterocycles. The van der Waals surface area contributed by atoms with E-state index in [9.17, 15) is 4.79 Å². The van der Waals surface area contributed by atoms with Gasteiger partial charge in [-0.05, 0) is 24.6 Å². The number of amides is 2. The number of urea groups is 1. The quantitative estimate of drug-likeness (QED) is 0.650. The zero-order valence-electron chi connectivity index (χ0n) is 6.22. The average Bonchev–Trinajstić information content (AvgIpc) is 1.85. The molecule has 1 radical (unpaired) electrons. The summed E-state index contributed by atoms with van der Waals surface area (Å²) in [5, 5.41) is 2.37. The minimum absolute atomic E-state index is 0.671. The summed E-state index contributed by atoms with van der Waals surface area (Å²) in [4.78, 5) is 10.3. The van der Waals surface area contributed by atoms with Crippen molar-refractivity contribution in [1.29, 1.82) is 0 Å². The lowest BCUT2D eigenvalue weighted by molar-refractivity contribution is 0.258. The van der Waals surface area contributed by atoms with Gasteiger partial charge >= 0.3 is 6.03 Å². The number of anilines is 1. The maximum Gasteiger partial charge on any atom is 0.337 e. The molecule has 0 saturated carbocycles. The van der Waals surface area contributed by atoms with E-state index in [4.69, 9.17) is 5.73 Å². The molecule has 0 aliphatic heterocycles. The van der Waals surface area contributed by atoms with Gasteiger partial charge in [0.15, 0.2) is 0 Å². The molecule has 0 unspecified atom stereocenters. The van der Waals surface area contributed by atoms with Gasteiger partial charge in [0.2, 0.25) is 0 Å². The molecular weight excluding hydrogens is 140 g/mol. The Morgan fingerprint density at radius 3 is 2.82 bits per heavy atom. The highest BCUT2D eigenvalue weighted by molar-refractivity contribution is 5.87. The van der Waals surface area contributed by atoms with Crippen LogP contribution < -0.4 is 11.1 Å². The van der Waals surface area contributed by atoms with Crippen molar-refractivity contribution >= 4 is 11.7 Å². The Labute approximate surface area is 65.2 Å². The van der Waals surface area contributed by atoms with Gasteiger partial charge < -0.3 is 5.32 Å². The van der Waals surface area contributed by atoms with Crippen molar-refractivity contribution in [3.8, 4) is 0 Å². The lowest BCUT2D eigenvalue weighted by atomic mass is 10.2. The van der Waals surface area contributed by atoms with E-state index in [0.29, 0.717) is 5.69 Å². The molecule has 3 heteroatoms. The van der Waals surface area contributed by atoms with Crippen LogP contribution in [0.2, 0.25) is 0 Å². The topological polar surface area (TPSA) is 52.9 Å². The first-order valence-corrected chi connectivity index (χ1v) is 3.28. The Morgan fingerprint density at radius 1 is 1.55 bits per heavy atom. The molecule has 3 nitrogen and oxygen atoms in total. The van der Waals surface area contributed by atoms with Gasteiger partial charge in [-0.15, -0.1) is 0 Å². The Bertz CT molecular complexity index is 271. The predicted octanol–water partition coefficient (Wildman–Crippen LogP) is 1.81. The summed E-state index contributed by atoms with van der Waals surface area (Å²) in [5.74, 6) is 0. The lowest BCUT2D eigenvalue weighted by Crippen LogP contribution is -2.09. The molecule has 1 aromatic carbocycles. The molecule has 1 aromatic rings. The largest absolute Gasteiger partial charge is 0.337 e. The molecule has 2 N–H and O–H groups in total. The van der Waals surface area contributed by atoms with E-state index in [1.54, 1.807) is 6.07 Å². The van der Waals surface area contributed by atoms with Gasteiger partial charge in [0.25, 0.3) is 0 Å². The zero-order valence-corrected chi connectivity index (χ0v) is 6.22. The van der Waals surface area contributed by atoms with E-state index in [1.807, 2.05) is 25.1 Å². The fraction of sp³-hybridized carbons (Fsp3) is 0.125. The van der Waals surface area contributed by atoms with E-state index in [0.717, 1.165) is 5.56 Å². The van der Waals surface area contributed by atoms with Crippen LogP contribution in [0.15, 0.2) is 24.3 Å². The number of carbonyl (C=O) groups is 1. The van der Waals surface area contributed by atoms with Gasteiger partial charge in [-0.25, -0.2) is 10.5 Å². The monoisotopic (exact) mass is 149 g/mol. The summed E-state index contributed by atoms with van der Waals surface area (Å²) < 4.78 is 0. The Morgan fingerprint density at radius 2 is 2.27 bits per heavy atom. The Hall–Kier alpha value is -1.51. The second-order valence-electron chi connectivity index (χ2n) is 2.32. The van der Waals surface area contributed by atoms with Gasteiger partial charge in [0, 0.05) is 5.69 Å². The number of benzene rings is 1. The molecule has 11 heavy (non-hydrogen) atoms. The standard InChI is InChI=1S/C8H9N2O/c1-6-3-2-4-7(5-6)10-8(9)11/h2-5,9H,1H3,(H,10,11). The van der Waals surface area contributed by atoms with Crippen molar-refractivity contribution in [2.75, 3.05) is 5.32 Å². The van der Waals surface area contributed by atoms with E-state index < -0.39 is 6.03 Å². The number of carbonyl (C=O) groups excluding carboxylic acids is 1. The summed E-state index contributed by atoms with van der Waals surface area (Å²) in [6, 6.07) is 6.54. The van der Waals surface area contributed by atoms with Crippen molar-refractivity contribution in [3.63, 3.8) is 0 Å². The predicted molar refractivity (Wildman–Crippen MR) is 43.3 cm³/mol. The summed E-state index contributed by atoms with van der Waals surface area (Å²) >= 11 is 0. The smallest absolute Gasteiger partial charge is 0.307 e. The number of nitrogens with one attached hydrogen (secondary N) is 2. The van der Waals surface area contributed by atoms with Crippen LogP contribution in [-0.4, -0.2) is 6.03 Å². The van der Waals surface area contributed by atoms with Crippen molar-refractivity contribution in [1.82, 2.24) is 5.73 Å². The highest BCUT2D eigenvalue weighted by Crippen LogP contribution is 2.08. The normalized spacial score (nSPS) is 9.18. The van der Waals surface area contributed by atoms with Crippen LogP contribution in [0.25, 0.3) is 0 Å². The molecule has 1 rings (SSSR count). The van der Waals surface area contributed by atoms with E-state index >= 15 is 0 Å². The average molecular weight is 149 g/mol. The van der Waals surface area contributed by atoms with Gasteiger partial charge in [-0.3, -0.25) is 0 Å². The molecule has 2 amide bonds. The molecule has 0 bridgehead atoms. The number of hydrogen-bond acceptors (Lipinski definition) is 1. The van der Waals surface area contributed by atoms with Crippen LogP contribution in [0.1, 0.15) is 5.56 Å². The zero-order chi connectivity index (χ0) is 8.27. The third-order valence-electron chi connectivity index (χ3n) is 1.28. The maximum atomic E-state index is 10.3. The number of rotatable bonds is 1. The van der Waals surface area contributed by atoms with Crippen molar-refractivity contribution in [2.45, 2.75) is 6.92 Å². The molecular formula is C8H9N2O. The highest BCUT2D eigenvalue weighted by atomic mass is 16.2. The van der Waals surface area contributed by atoms with Crippen molar-refractivity contribution in [3.05, 3.63) is 29.8 Å². The fourth-order valence-corrected chi connectivity index (χ4v) is 0.854. The van der Waals surface area contributed by atoms with Crippen LogP contribution in [0.4, 0.5) is 10.5 Å². The molecule has 57 valence electrons. The third kappa shape index (κ3) is 2.29. The van der Waals surface area contributed by atoms with Crippen LogP contribution in [0, 0.1) is 6.92 Å². The van der Waals surface area contributed by atoms with Crippen LogP contribution in [0.5, 0.6) is 0 Å². The third-order valence-corrected chi connectivity index (χ3v) is 1.28. The first-order chi connectivity index (χ1) is 5.18. The summed E-state index contributed by atoms with van der Waals surface area (Å²) in [7, 11) is 0. The van der Waals surface area contributed by atoms with E-state index in [2.05, 4.69) is 5.32 Å². The van der Waals surface area contributed by atoms with Crippen molar-refractivity contribution < 1.29 is 4.79 Å². The summed E-state index contributed by atoms with van der Waals surface area (Å²) in [6.45, 7) is 1.93. The SMILES string of the molecule is Cc1cccc(NC([NH])=O)c1. The fourth-order valence-electron chi connectivity index (χ4n) is 0.854. The van der Waals surface area contributed by atoms with E-state index in [1.165, 1.54) is 0 Å². The number of aryl methyl sites for hydroxylation is 1. The van der Waals surface area contributed by atoms with Gasteiger partial charge in [-0.2, -0.15) is 0 Å². The van der Waals surface area contributed by atoms with Gasteiger partial charge in [-0.1, -0.05) is 12.1 Å². The second-order valence-corrected chi connectivity index (χ2v) is 2.32. The molecule has 0 atom stereocenters. The molecule has 0 aliphatic carbocycles. The van der Waals surface area contributed by atoms with Crippen LogP contribution >= 0.6 is 0 Å². The highest BCUT2D eigenvalue weighted by Gasteiger charge is 1.94. The van der Waals surface area contributed by atoms with Gasteiger partial charge in [0.05, 0.1) is 0 Å². The minimum atomic E-state index is -0.782. The number of hydrogen-bond donors (Lipinski definition) is 1. The lowest BCUT2D eigenvalue weighted by Gasteiger charge is -2.00. The summed E-state index contributed by atoms with van der Waals surface area (Å²) in [6.07, 6.45) is 0. The van der Waals surface area contributed by atoms with Crippen LogP contribution in [-0.2, 0) is 0 Å². The Kier molecular flexibility index (Phi) is 2.11. The maximum absolute atomic E-state index is 10.3. The van der Waals surface area contributed by atoms with E-state index in [-0.39, 0.29) is 0 Å². The van der Waals surface area contributed by atoms with Crippen molar-refractivity contribution in [2.24, 2.45) is 0 Å². The molecule has 0 aromatic heterocycles. The minimum Gasteiger partial charge on any atom is -0.307 e. The first-order valence-electron chi connectivity index (χ1n) is 3.28. The molecule has 0 spiro atoms. The molecule has 0 aliphatic rings. The van der Waals surface area contributed by atoms with Gasteiger partial charge in [0.1, 0.15) is 0 Å². The molecule has 0 fully saturated rings. The first kappa shape index (κ1) is 7.60.